The molecule has 176 valence electrons. The minimum atomic E-state index is -1.59. The van der Waals surface area contributed by atoms with Gasteiger partial charge in [0.15, 0.2) is 11.5 Å². The number of rotatable bonds is 10. The fourth-order valence-corrected chi connectivity index (χ4v) is 3.98. The van der Waals surface area contributed by atoms with Gasteiger partial charge in [0.2, 0.25) is 11.6 Å². The lowest BCUT2D eigenvalue weighted by Crippen LogP contribution is -2.21. The van der Waals surface area contributed by atoms with E-state index in [4.69, 9.17) is 9.47 Å². The molecule has 2 aromatic carbocycles. The van der Waals surface area contributed by atoms with Crippen molar-refractivity contribution in [3.63, 3.8) is 0 Å². The molecule has 32 heavy (non-hydrogen) atoms. The van der Waals surface area contributed by atoms with Crippen LogP contribution in [0.5, 0.6) is 11.5 Å². The number of hydrogen-bond acceptors (Lipinski definition) is 3. The number of hydrogen-bond donors (Lipinski definition) is 0. The Hall–Kier alpha value is -2.28. The van der Waals surface area contributed by atoms with Crippen LogP contribution < -0.4 is 9.47 Å². The van der Waals surface area contributed by atoms with Gasteiger partial charge in [0.25, 0.3) is 0 Å². The van der Waals surface area contributed by atoms with Crippen LogP contribution in [0.1, 0.15) is 56.3 Å². The van der Waals surface area contributed by atoms with Crippen molar-refractivity contribution in [3.05, 3.63) is 58.9 Å². The van der Waals surface area contributed by atoms with Crippen molar-refractivity contribution in [1.29, 1.82) is 0 Å². The molecular weight excluding hydrogens is 424 g/mol. The molecule has 0 bridgehead atoms. The second-order valence-electron chi connectivity index (χ2n) is 8.26. The fraction of sp³-hybridized carbons (Fsp3) is 0.520. The maximum atomic E-state index is 14.6. The van der Waals surface area contributed by atoms with Gasteiger partial charge in [0, 0.05) is 6.42 Å². The molecule has 1 aliphatic heterocycles. The molecule has 3 nitrogen and oxygen atoms in total. The van der Waals surface area contributed by atoms with Crippen LogP contribution in [-0.4, -0.2) is 26.5 Å². The van der Waals surface area contributed by atoms with Crippen LogP contribution in [0.15, 0.2) is 30.3 Å². The maximum absolute atomic E-state index is 14.6. The second kappa shape index (κ2) is 11.5. The molecule has 3 unspecified atom stereocenters. The van der Waals surface area contributed by atoms with Gasteiger partial charge in [-0.3, -0.25) is 0 Å². The van der Waals surface area contributed by atoms with Crippen LogP contribution in [0, 0.1) is 23.4 Å². The lowest BCUT2D eigenvalue weighted by Gasteiger charge is -2.29. The number of unbranched alkanes of at least 4 members (excludes halogenated alkanes) is 1. The standard InChI is InChI=1S/C25H30F4O3/c1-3-4-5-16-6-9-21(31-14-16)18-8-7-17(20(27)13-18)12-19(26)15-32-23-11-10-22(30-2)24(28)25(23)29/h7-8,10-11,13,16,19,21H,3-6,9,12,14-15H2,1-2H3. The number of methoxy groups -OCH3 is 1. The van der Waals surface area contributed by atoms with Gasteiger partial charge in [-0.15, -0.1) is 0 Å². The molecule has 1 aliphatic rings. The second-order valence-corrected chi connectivity index (χ2v) is 8.26. The van der Waals surface area contributed by atoms with Gasteiger partial charge in [-0.1, -0.05) is 31.9 Å². The van der Waals surface area contributed by atoms with Crippen LogP contribution in [0.2, 0.25) is 0 Å². The Balaban J connectivity index is 1.53. The van der Waals surface area contributed by atoms with Gasteiger partial charge < -0.3 is 14.2 Å². The molecule has 1 saturated heterocycles. The normalized spacial score (nSPS) is 19.6. The zero-order chi connectivity index (χ0) is 23.1. The summed E-state index contributed by atoms with van der Waals surface area (Å²) in [6, 6.07) is 7.08. The molecule has 0 aromatic heterocycles. The minimum absolute atomic E-state index is 0.145. The van der Waals surface area contributed by atoms with Gasteiger partial charge in [0.05, 0.1) is 19.8 Å². The zero-order valence-electron chi connectivity index (χ0n) is 18.5. The molecule has 0 radical (unpaired) electrons. The van der Waals surface area contributed by atoms with Gasteiger partial charge in [-0.2, -0.15) is 8.78 Å². The molecule has 0 spiro atoms. The molecule has 1 fully saturated rings. The first kappa shape index (κ1) is 24.4. The van der Waals surface area contributed by atoms with E-state index in [1.165, 1.54) is 32.1 Å². The Morgan fingerprint density at radius 1 is 1.06 bits per heavy atom. The summed E-state index contributed by atoms with van der Waals surface area (Å²) < 4.78 is 72.3. The first-order valence-corrected chi connectivity index (χ1v) is 11.1. The molecule has 0 N–H and O–H groups in total. The van der Waals surface area contributed by atoms with E-state index >= 15 is 0 Å². The number of ether oxygens (including phenoxy) is 3. The molecule has 7 heteroatoms. The zero-order valence-corrected chi connectivity index (χ0v) is 18.5. The molecule has 1 heterocycles. The van der Waals surface area contributed by atoms with Gasteiger partial charge >= 0.3 is 0 Å². The number of alkyl halides is 1. The highest BCUT2D eigenvalue weighted by molar-refractivity contribution is 5.35. The fourth-order valence-electron chi connectivity index (χ4n) is 3.98. The van der Waals surface area contributed by atoms with E-state index in [1.54, 1.807) is 12.1 Å². The Bertz CT molecular complexity index is 882. The maximum Gasteiger partial charge on any atom is 0.204 e. The highest BCUT2D eigenvalue weighted by atomic mass is 19.2. The Morgan fingerprint density at radius 2 is 1.81 bits per heavy atom. The van der Waals surface area contributed by atoms with Gasteiger partial charge in [0.1, 0.15) is 18.6 Å². The monoisotopic (exact) mass is 454 g/mol. The third kappa shape index (κ3) is 6.15. The van der Waals surface area contributed by atoms with Crippen molar-refractivity contribution in [2.24, 2.45) is 5.92 Å². The van der Waals surface area contributed by atoms with Crippen LogP contribution in [-0.2, 0) is 11.2 Å². The van der Waals surface area contributed by atoms with E-state index < -0.39 is 36.0 Å². The predicted octanol–water partition coefficient (Wildman–Crippen LogP) is 6.73. The minimum Gasteiger partial charge on any atom is -0.494 e. The van der Waals surface area contributed by atoms with Crippen molar-refractivity contribution >= 4 is 0 Å². The van der Waals surface area contributed by atoms with Gasteiger partial charge in [-0.05, 0) is 54.5 Å². The summed E-state index contributed by atoms with van der Waals surface area (Å²) in [6.45, 7) is 2.32. The van der Waals surface area contributed by atoms with Crippen molar-refractivity contribution in [2.75, 3.05) is 20.3 Å². The third-order valence-corrected chi connectivity index (χ3v) is 5.88. The number of benzene rings is 2. The average Bonchev–Trinajstić information content (AvgIpc) is 2.80. The van der Waals surface area contributed by atoms with E-state index in [0.29, 0.717) is 12.5 Å². The first-order valence-electron chi connectivity index (χ1n) is 11.1. The summed E-state index contributed by atoms with van der Waals surface area (Å²) in [5.41, 5.74) is 0.950. The molecule has 3 rings (SSSR count). The largest absolute Gasteiger partial charge is 0.494 e. The van der Waals surface area contributed by atoms with Crippen molar-refractivity contribution < 1.29 is 31.8 Å². The lowest BCUT2D eigenvalue weighted by atomic mass is 9.91. The van der Waals surface area contributed by atoms with Crippen molar-refractivity contribution in [3.8, 4) is 11.5 Å². The summed E-state index contributed by atoms with van der Waals surface area (Å²) in [5, 5.41) is 0. The summed E-state index contributed by atoms with van der Waals surface area (Å²) >= 11 is 0. The first-order chi connectivity index (χ1) is 15.4. The average molecular weight is 455 g/mol. The van der Waals surface area contributed by atoms with E-state index in [2.05, 4.69) is 11.7 Å². The summed E-state index contributed by atoms with van der Waals surface area (Å²) in [7, 11) is 1.21. The Kier molecular flexibility index (Phi) is 8.79. The van der Waals surface area contributed by atoms with E-state index in [1.807, 2.05) is 0 Å². The van der Waals surface area contributed by atoms with Crippen LogP contribution in [0.4, 0.5) is 17.6 Å². The lowest BCUT2D eigenvalue weighted by molar-refractivity contribution is -0.0199. The number of halogens is 4. The topological polar surface area (TPSA) is 27.7 Å². The van der Waals surface area contributed by atoms with Crippen molar-refractivity contribution in [1.82, 2.24) is 0 Å². The van der Waals surface area contributed by atoms with E-state index in [-0.39, 0.29) is 23.8 Å². The van der Waals surface area contributed by atoms with E-state index in [9.17, 15) is 17.6 Å². The quantitative estimate of drug-likeness (QED) is 0.373. The van der Waals surface area contributed by atoms with Crippen molar-refractivity contribution in [2.45, 2.75) is 57.7 Å². The molecule has 0 aliphatic carbocycles. The van der Waals surface area contributed by atoms with Crippen LogP contribution in [0.3, 0.4) is 0 Å². The smallest absolute Gasteiger partial charge is 0.204 e. The third-order valence-electron chi connectivity index (χ3n) is 5.88. The summed E-state index contributed by atoms with van der Waals surface area (Å²) in [5.74, 6) is -3.10. The Labute approximate surface area is 186 Å². The summed E-state index contributed by atoms with van der Waals surface area (Å²) in [6.07, 6.45) is 3.44. The predicted molar refractivity (Wildman–Crippen MR) is 114 cm³/mol. The highest BCUT2D eigenvalue weighted by Gasteiger charge is 2.24. The molecule has 2 aromatic rings. The Morgan fingerprint density at radius 3 is 2.47 bits per heavy atom. The molecular formula is C25H30F4O3. The summed E-state index contributed by atoms with van der Waals surface area (Å²) in [4.78, 5) is 0. The highest BCUT2D eigenvalue weighted by Crippen LogP contribution is 2.33. The van der Waals surface area contributed by atoms with Gasteiger partial charge in [-0.25, -0.2) is 8.78 Å². The van der Waals surface area contributed by atoms with Crippen LogP contribution in [0.25, 0.3) is 0 Å². The van der Waals surface area contributed by atoms with Crippen LogP contribution >= 0.6 is 0 Å². The SMILES string of the molecule is CCCCC1CCC(c2ccc(CC(F)COc3ccc(OC)c(F)c3F)c(F)c2)OC1. The van der Waals surface area contributed by atoms with E-state index in [0.717, 1.165) is 30.9 Å². The molecule has 0 saturated carbocycles. The molecule has 0 amide bonds. The molecule has 3 atom stereocenters.